The normalized spacial score (nSPS) is 10.8. The quantitative estimate of drug-likeness (QED) is 0.447. The second kappa shape index (κ2) is 8.48. The number of ether oxygens (including phenoxy) is 1. The summed E-state index contributed by atoms with van der Waals surface area (Å²) in [4.78, 5) is 27.9. The van der Waals surface area contributed by atoms with Crippen LogP contribution in [0.15, 0.2) is 82.0 Å². The Morgan fingerprint density at radius 1 is 0.968 bits per heavy atom. The zero-order valence-corrected chi connectivity index (χ0v) is 17.7. The zero-order chi connectivity index (χ0) is 22.0. The SMILES string of the molecule is COc1ccc(N(Cc2ccccc2)C(=O)c2cc(=O)c3ccc(C)c(C)c3o2)cc1. The van der Waals surface area contributed by atoms with Crippen molar-refractivity contribution < 1.29 is 13.9 Å². The lowest BCUT2D eigenvalue weighted by Crippen LogP contribution is -2.31. The molecule has 0 spiro atoms. The van der Waals surface area contributed by atoms with E-state index in [1.165, 1.54) is 6.07 Å². The lowest BCUT2D eigenvalue weighted by atomic mass is 10.1. The number of amides is 1. The molecule has 4 aromatic rings. The van der Waals surface area contributed by atoms with Crippen molar-refractivity contribution in [2.45, 2.75) is 20.4 Å². The third-order valence-corrected chi connectivity index (χ3v) is 5.44. The number of hydrogen-bond donors (Lipinski definition) is 0. The topological polar surface area (TPSA) is 59.8 Å². The Kier molecular flexibility index (Phi) is 5.58. The van der Waals surface area contributed by atoms with Crippen LogP contribution in [-0.4, -0.2) is 13.0 Å². The monoisotopic (exact) mass is 413 g/mol. The fraction of sp³-hybridized carbons (Fsp3) is 0.154. The van der Waals surface area contributed by atoms with Gasteiger partial charge in [-0.25, -0.2) is 0 Å². The number of nitrogens with zero attached hydrogens (tertiary/aromatic N) is 1. The molecule has 4 rings (SSSR count). The van der Waals surface area contributed by atoms with Crippen molar-refractivity contribution >= 4 is 22.6 Å². The fourth-order valence-corrected chi connectivity index (χ4v) is 3.50. The van der Waals surface area contributed by atoms with E-state index >= 15 is 0 Å². The van der Waals surface area contributed by atoms with E-state index in [4.69, 9.17) is 9.15 Å². The third-order valence-electron chi connectivity index (χ3n) is 5.44. The van der Waals surface area contributed by atoms with Crippen LogP contribution in [0, 0.1) is 13.8 Å². The molecule has 3 aromatic carbocycles. The third kappa shape index (κ3) is 4.08. The van der Waals surface area contributed by atoms with E-state index in [0.717, 1.165) is 16.7 Å². The lowest BCUT2D eigenvalue weighted by Gasteiger charge is -2.23. The number of rotatable bonds is 5. The number of methoxy groups -OCH3 is 1. The van der Waals surface area contributed by atoms with E-state index in [0.29, 0.717) is 29.0 Å². The van der Waals surface area contributed by atoms with Gasteiger partial charge in [-0.3, -0.25) is 9.59 Å². The molecule has 0 atom stereocenters. The van der Waals surface area contributed by atoms with Gasteiger partial charge in [0, 0.05) is 11.8 Å². The molecule has 0 radical (unpaired) electrons. The summed E-state index contributed by atoms with van der Waals surface area (Å²) in [5.74, 6) is 0.325. The highest BCUT2D eigenvalue weighted by Gasteiger charge is 2.22. The Balaban J connectivity index is 1.81. The number of anilines is 1. The first-order valence-corrected chi connectivity index (χ1v) is 10.0. The zero-order valence-electron chi connectivity index (χ0n) is 17.7. The predicted molar refractivity (Wildman–Crippen MR) is 122 cm³/mol. The van der Waals surface area contributed by atoms with E-state index in [-0.39, 0.29) is 17.1 Å². The molecule has 5 heteroatoms. The molecule has 5 nitrogen and oxygen atoms in total. The molecule has 0 saturated heterocycles. The number of carbonyl (C=O) groups is 1. The van der Waals surface area contributed by atoms with Crippen molar-refractivity contribution in [1.29, 1.82) is 0 Å². The minimum atomic E-state index is -0.381. The van der Waals surface area contributed by atoms with Gasteiger partial charge in [-0.2, -0.15) is 0 Å². The van der Waals surface area contributed by atoms with Crippen molar-refractivity contribution in [2.24, 2.45) is 0 Å². The van der Waals surface area contributed by atoms with Crippen LogP contribution in [0.1, 0.15) is 27.2 Å². The molecule has 1 heterocycles. The van der Waals surface area contributed by atoms with Gasteiger partial charge in [-0.1, -0.05) is 36.4 Å². The summed E-state index contributed by atoms with van der Waals surface area (Å²) in [5, 5.41) is 0.471. The van der Waals surface area contributed by atoms with Crippen molar-refractivity contribution in [3.05, 3.63) is 105 Å². The maximum atomic E-state index is 13.6. The first-order valence-electron chi connectivity index (χ1n) is 10.0. The molecule has 0 fully saturated rings. The van der Waals surface area contributed by atoms with Crippen LogP contribution in [0.5, 0.6) is 5.75 Å². The van der Waals surface area contributed by atoms with E-state index in [9.17, 15) is 9.59 Å². The molecule has 0 bridgehead atoms. The van der Waals surface area contributed by atoms with Crippen molar-refractivity contribution in [1.82, 2.24) is 0 Å². The van der Waals surface area contributed by atoms with Gasteiger partial charge >= 0.3 is 0 Å². The largest absolute Gasteiger partial charge is 0.497 e. The maximum Gasteiger partial charge on any atom is 0.294 e. The second-order valence-corrected chi connectivity index (χ2v) is 7.43. The van der Waals surface area contributed by atoms with E-state index in [1.807, 2.05) is 62.4 Å². The Labute approximate surface area is 180 Å². The van der Waals surface area contributed by atoms with E-state index in [1.54, 1.807) is 30.2 Å². The Hall–Kier alpha value is -3.86. The van der Waals surface area contributed by atoms with Crippen molar-refractivity contribution in [2.75, 3.05) is 12.0 Å². The first-order chi connectivity index (χ1) is 15.0. The Morgan fingerprint density at radius 2 is 1.68 bits per heavy atom. The van der Waals surface area contributed by atoms with Crippen LogP contribution in [0.2, 0.25) is 0 Å². The van der Waals surface area contributed by atoms with Crippen molar-refractivity contribution in [3.8, 4) is 5.75 Å². The molecule has 31 heavy (non-hydrogen) atoms. The fourth-order valence-electron chi connectivity index (χ4n) is 3.50. The van der Waals surface area contributed by atoms with Gasteiger partial charge in [0.1, 0.15) is 11.3 Å². The van der Waals surface area contributed by atoms with Crippen molar-refractivity contribution in [3.63, 3.8) is 0 Å². The molecule has 0 N–H and O–H groups in total. The minimum absolute atomic E-state index is 0.0120. The molecule has 1 aromatic heterocycles. The number of aryl methyl sites for hydroxylation is 2. The summed E-state index contributed by atoms with van der Waals surface area (Å²) in [6.07, 6.45) is 0. The Bertz CT molecular complexity index is 1290. The summed E-state index contributed by atoms with van der Waals surface area (Å²) in [7, 11) is 1.59. The molecule has 156 valence electrons. The van der Waals surface area contributed by atoms with Crippen LogP contribution < -0.4 is 15.1 Å². The average molecular weight is 413 g/mol. The molecule has 0 saturated carbocycles. The molecule has 0 aliphatic heterocycles. The summed E-state index contributed by atoms with van der Waals surface area (Å²) < 4.78 is 11.2. The van der Waals surface area contributed by atoms with Gasteiger partial charge in [0.2, 0.25) is 0 Å². The molecule has 0 aliphatic carbocycles. The summed E-state index contributed by atoms with van der Waals surface area (Å²) in [5.41, 5.74) is 3.70. The van der Waals surface area contributed by atoms with E-state index in [2.05, 4.69) is 0 Å². The van der Waals surface area contributed by atoms with Crippen LogP contribution >= 0.6 is 0 Å². The molecule has 0 aliphatic rings. The lowest BCUT2D eigenvalue weighted by molar-refractivity contribution is 0.0959. The van der Waals surface area contributed by atoms with Crippen LogP contribution in [-0.2, 0) is 6.54 Å². The smallest absolute Gasteiger partial charge is 0.294 e. The molecular formula is C26H23NO4. The van der Waals surface area contributed by atoms with Gasteiger partial charge in [-0.05, 0) is 60.9 Å². The number of benzene rings is 3. The van der Waals surface area contributed by atoms with Gasteiger partial charge < -0.3 is 14.1 Å². The highest BCUT2D eigenvalue weighted by Crippen LogP contribution is 2.25. The summed E-state index contributed by atoms with van der Waals surface area (Å²) in [6.45, 7) is 4.17. The van der Waals surface area contributed by atoms with Gasteiger partial charge in [0.05, 0.1) is 19.0 Å². The highest BCUT2D eigenvalue weighted by atomic mass is 16.5. The number of hydrogen-bond acceptors (Lipinski definition) is 4. The number of fused-ring (bicyclic) bond motifs is 1. The Morgan fingerprint density at radius 3 is 2.35 bits per heavy atom. The maximum absolute atomic E-state index is 13.6. The minimum Gasteiger partial charge on any atom is -0.497 e. The highest BCUT2D eigenvalue weighted by molar-refractivity contribution is 6.04. The number of carbonyl (C=O) groups excluding carboxylic acids is 1. The second-order valence-electron chi connectivity index (χ2n) is 7.43. The van der Waals surface area contributed by atoms with Crippen LogP contribution in [0.3, 0.4) is 0 Å². The van der Waals surface area contributed by atoms with Gasteiger partial charge in [-0.15, -0.1) is 0 Å². The van der Waals surface area contributed by atoms with Gasteiger partial charge in [0.25, 0.3) is 5.91 Å². The predicted octanol–water partition coefficient (Wildman–Crippen LogP) is 5.27. The van der Waals surface area contributed by atoms with Crippen LogP contribution in [0.25, 0.3) is 11.0 Å². The van der Waals surface area contributed by atoms with Crippen LogP contribution in [0.4, 0.5) is 5.69 Å². The van der Waals surface area contributed by atoms with Gasteiger partial charge in [0.15, 0.2) is 11.2 Å². The molecular weight excluding hydrogens is 390 g/mol. The van der Waals surface area contributed by atoms with E-state index < -0.39 is 0 Å². The first kappa shape index (κ1) is 20.4. The molecule has 1 amide bonds. The summed E-state index contributed by atoms with van der Waals surface area (Å²) >= 11 is 0. The molecule has 0 unspecified atom stereocenters. The summed E-state index contributed by atoms with van der Waals surface area (Å²) in [6, 6.07) is 21.8. The average Bonchev–Trinajstić information content (AvgIpc) is 2.80. The standard InChI is InChI=1S/C26H23NO4/c1-17-9-14-22-23(28)15-24(31-25(22)18(17)2)26(29)27(16-19-7-5-4-6-8-19)20-10-12-21(30-3)13-11-20/h4-15H,16H2,1-3H3.